The molecule has 0 saturated heterocycles. The van der Waals surface area contributed by atoms with Crippen LogP contribution in [0.2, 0.25) is 0 Å². The Morgan fingerprint density at radius 2 is 2.11 bits per heavy atom. The third-order valence-electron chi connectivity index (χ3n) is 2.90. The van der Waals surface area contributed by atoms with E-state index in [1.807, 2.05) is 30.5 Å². The lowest BCUT2D eigenvalue weighted by atomic mass is 10.1. The van der Waals surface area contributed by atoms with Gasteiger partial charge in [0.15, 0.2) is 0 Å². The van der Waals surface area contributed by atoms with Crippen LogP contribution in [-0.2, 0) is 0 Å². The van der Waals surface area contributed by atoms with Gasteiger partial charge in [-0.15, -0.1) is 0 Å². The number of nitrogens with two attached hydrogens (primary N) is 1. The average Bonchev–Trinajstić information content (AvgIpc) is 2.34. The predicted molar refractivity (Wildman–Crippen MR) is 77.8 cm³/mol. The van der Waals surface area contributed by atoms with Crippen LogP contribution in [0.25, 0.3) is 10.9 Å². The van der Waals surface area contributed by atoms with Crippen molar-refractivity contribution < 1.29 is 0 Å². The quantitative estimate of drug-likeness (QED) is 0.625. The van der Waals surface area contributed by atoms with Gasteiger partial charge in [-0.2, -0.15) is 0 Å². The fourth-order valence-electron chi connectivity index (χ4n) is 2.00. The highest BCUT2D eigenvalue weighted by Crippen LogP contribution is 2.26. The van der Waals surface area contributed by atoms with Crippen LogP contribution in [0, 0.1) is 0 Å². The minimum absolute atomic E-state index is 0.774. The summed E-state index contributed by atoms with van der Waals surface area (Å²) in [7, 11) is 4.17. The van der Waals surface area contributed by atoms with Gasteiger partial charge in [0.05, 0.1) is 5.52 Å². The van der Waals surface area contributed by atoms with Gasteiger partial charge in [-0.25, -0.2) is 0 Å². The number of nitrogen functional groups attached to an aromatic ring is 1. The molecule has 1 aromatic carbocycles. The molecule has 4 nitrogen and oxygen atoms in total. The van der Waals surface area contributed by atoms with Crippen LogP contribution in [0.1, 0.15) is 6.42 Å². The van der Waals surface area contributed by atoms with Gasteiger partial charge in [0.1, 0.15) is 0 Å². The Morgan fingerprint density at radius 1 is 1.28 bits per heavy atom. The van der Waals surface area contributed by atoms with E-state index in [-0.39, 0.29) is 0 Å². The molecule has 1 heterocycles. The lowest BCUT2D eigenvalue weighted by Gasteiger charge is -2.13. The summed E-state index contributed by atoms with van der Waals surface area (Å²) in [5.41, 5.74) is 8.80. The first kappa shape index (κ1) is 12.6. The molecule has 18 heavy (non-hydrogen) atoms. The summed E-state index contributed by atoms with van der Waals surface area (Å²) in [4.78, 5) is 6.51. The van der Waals surface area contributed by atoms with E-state index in [0.717, 1.165) is 41.8 Å². The van der Waals surface area contributed by atoms with Crippen LogP contribution >= 0.6 is 0 Å². The molecule has 0 bridgehead atoms. The van der Waals surface area contributed by atoms with Gasteiger partial charge in [-0.3, -0.25) is 4.98 Å². The van der Waals surface area contributed by atoms with E-state index in [1.54, 1.807) is 0 Å². The molecule has 0 amide bonds. The van der Waals surface area contributed by atoms with Gasteiger partial charge in [-0.1, -0.05) is 6.07 Å². The number of pyridine rings is 1. The van der Waals surface area contributed by atoms with Crippen molar-refractivity contribution in [3.05, 3.63) is 30.5 Å². The van der Waals surface area contributed by atoms with Gasteiger partial charge in [-0.05, 0) is 45.3 Å². The smallest absolute Gasteiger partial charge is 0.0743 e. The van der Waals surface area contributed by atoms with E-state index < -0.39 is 0 Å². The van der Waals surface area contributed by atoms with E-state index in [4.69, 9.17) is 5.73 Å². The molecule has 0 atom stereocenters. The van der Waals surface area contributed by atoms with Crippen molar-refractivity contribution in [3.63, 3.8) is 0 Å². The van der Waals surface area contributed by atoms with Crippen molar-refractivity contribution >= 4 is 22.3 Å². The topological polar surface area (TPSA) is 54.2 Å². The van der Waals surface area contributed by atoms with Crippen LogP contribution in [0.3, 0.4) is 0 Å². The summed E-state index contributed by atoms with van der Waals surface area (Å²) in [5, 5.41) is 4.46. The molecule has 0 unspecified atom stereocenters. The molecule has 4 heteroatoms. The fourth-order valence-corrected chi connectivity index (χ4v) is 2.00. The Balaban J connectivity index is 2.13. The van der Waals surface area contributed by atoms with E-state index in [0.29, 0.717) is 0 Å². The van der Waals surface area contributed by atoms with E-state index in [9.17, 15) is 0 Å². The number of anilines is 2. The minimum Gasteiger partial charge on any atom is -0.398 e. The first-order chi connectivity index (χ1) is 8.68. The summed E-state index contributed by atoms with van der Waals surface area (Å²) < 4.78 is 0. The Kier molecular flexibility index (Phi) is 3.99. The van der Waals surface area contributed by atoms with Crippen molar-refractivity contribution in [3.8, 4) is 0 Å². The molecule has 0 fully saturated rings. The summed E-state index contributed by atoms with van der Waals surface area (Å²) >= 11 is 0. The van der Waals surface area contributed by atoms with Crippen molar-refractivity contribution in [2.24, 2.45) is 0 Å². The van der Waals surface area contributed by atoms with Crippen LogP contribution in [-0.4, -0.2) is 37.1 Å². The largest absolute Gasteiger partial charge is 0.398 e. The fraction of sp³-hybridized carbons (Fsp3) is 0.357. The van der Waals surface area contributed by atoms with Crippen molar-refractivity contribution in [1.82, 2.24) is 9.88 Å². The Labute approximate surface area is 108 Å². The predicted octanol–water partition coefficient (Wildman–Crippen LogP) is 2.18. The van der Waals surface area contributed by atoms with Crippen LogP contribution in [0.4, 0.5) is 11.4 Å². The highest BCUT2D eigenvalue weighted by atomic mass is 15.1. The van der Waals surface area contributed by atoms with Gasteiger partial charge in [0.2, 0.25) is 0 Å². The highest BCUT2D eigenvalue weighted by molar-refractivity contribution is 6.00. The molecule has 1 aromatic heterocycles. The molecule has 0 radical (unpaired) electrons. The van der Waals surface area contributed by atoms with Crippen molar-refractivity contribution in [1.29, 1.82) is 0 Å². The third-order valence-corrected chi connectivity index (χ3v) is 2.90. The van der Waals surface area contributed by atoms with Crippen LogP contribution in [0.15, 0.2) is 30.5 Å². The molecular weight excluding hydrogens is 224 g/mol. The van der Waals surface area contributed by atoms with E-state index >= 15 is 0 Å². The summed E-state index contributed by atoms with van der Waals surface area (Å²) in [6.45, 7) is 2.01. The number of aromatic nitrogens is 1. The second-order valence-electron chi connectivity index (χ2n) is 4.68. The number of benzene rings is 1. The molecule has 0 aliphatic heterocycles. The third kappa shape index (κ3) is 2.90. The Hall–Kier alpha value is -1.81. The second kappa shape index (κ2) is 5.69. The first-order valence-electron chi connectivity index (χ1n) is 6.20. The van der Waals surface area contributed by atoms with Gasteiger partial charge in [0.25, 0.3) is 0 Å². The number of fused-ring (bicyclic) bond motifs is 1. The second-order valence-corrected chi connectivity index (χ2v) is 4.68. The molecule has 3 N–H and O–H groups in total. The molecule has 0 spiro atoms. The number of hydrogen-bond donors (Lipinski definition) is 2. The number of nitrogens with zero attached hydrogens (tertiary/aromatic N) is 2. The molecular formula is C14H20N4. The van der Waals surface area contributed by atoms with Gasteiger partial charge < -0.3 is 16.0 Å². The normalized spacial score (nSPS) is 11.1. The Morgan fingerprint density at radius 3 is 2.89 bits per heavy atom. The molecule has 2 aromatic rings. The minimum atomic E-state index is 0.774. The first-order valence-corrected chi connectivity index (χ1v) is 6.20. The van der Waals surface area contributed by atoms with Crippen LogP contribution < -0.4 is 11.1 Å². The average molecular weight is 244 g/mol. The lowest BCUT2D eigenvalue weighted by molar-refractivity contribution is 0.405. The van der Waals surface area contributed by atoms with Crippen molar-refractivity contribution in [2.45, 2.75) is 6.42 Å². The van der Waals surface area contributed by atoms with Gasteiger partial charge in [0, 0.05) is 29.5 Å². The maximum Gasteiger partial charge on any atom is 0.0743 e. The lowest BCUT2D eigenvalue weighted by Crippen LogP contribution is -2.16. The van der Waals surface area contributed by atoms with E-state index in [2.05, 4.69) is 29.3 Å². The molecule has 0 aliphatic rings. The van der Waals surface area contributed by atoms with Gasteiger partial charge >= 0.3 is 0 Å². The van der Waals surface area contributed by atoms with E-state index in [1.165, 1.54) is 0 Å². The zero-order valence-corrected chi connectivity index (χ0v) is 11.0. The zero-order chi connectivity index (χ0) is 13.0. The maximum absolute atomic E-state index is 6.02. The number of rotatable bonds is 5. The van der Waals surface area contributed by atoms with Crippen molar-refractivity contribution in [2.75, 3.05) is 38.2 Å². The Bertz CT molecular complexity index is 517. The molecule has 2 rings (SSSR count). The summed E-state index contributed by atoms with van der Waals surface area (Å²) in [5.74, 6) is 0. The standard InChI is InChI=1S/C14H20N4/c1-18(2)10-4-8-16-13-7-9-17-12-6-3-5-11(15)14(12)13/h3,5-7,9H,4,8,10,15H2,1-2H3,(H,16,17). The van der Waals surface area contributed by atoms with Crippen LogP contribution in [0.5, 0.6) is 0 Å². The SMILES string of the molecule is CN(C)CCCNc1ccnc2cccc(N)c12. The monoisotopic (exact) mass is 244 g/mol. The number of hydrogen-bond acceptors (Lipinski definition) is 4. The summed E-state index contributed by atoms with van der Waals surface area (Å²) in [6, 6.07) is 7.81. The molecule has 0 saturated carbocycles. The number of nitrogens with one attached hydrogen (secondary N) is 1. The maximum atomic E-state index is 6.02. The molecule has 96 valence electrons. The molecule has 0 aliphatic carbocycles. The highest BCUT2D eigenvalue weighted by Gasteiger charge is 2.04. The zero-order valence-electron chi connectivity index (χ0n) is 11.0. The summed E-state index contributed by atoms with van der Waals surface area (Å²) in [6.07, 6.45) is 2.92.